The van der Waals surface area contributed by atoms with Crippen molar-refractivity contribution in [2.24, 2.45) is 0 Å². The van der Waals surface area contributed by atoms with Crippen LogP contribution in [0.15, 0.2) is 76.6 Å². The van der Waals surface area contributed by atoms with Gasteiger partial charge in [-0.2, -0.15) is 0 Å². The van der Waals surface area contributed by atoms with Crippen LogP contribution in [0.3, 0.4) is 0 Å². The van der Waals surface area contributed by atoms with Gasteiger partial charge in [-0.15, -0.1) is 10.2 Å². The Bertz CT molecular complexity index is 1700. The lowest BCUT2D eigenvalue weighted by Crippen LogP contribution is -2.29. The highest BCUT2D eigenvalue weighted by Gasteiger charge is 2.48. The van der Waals surface area contributed by atoms with E-state index in [0.717, 1.165) is 23.3 Å². The first-order valence-corrected chi connectivity index (χ1v) is 16.0. The predicted octanol–water partition coefficient (Wildman–Crippen LogP) is 6.88. The topological polar surface area (TPSA) is 102 Å². The number of hydrogen-bond donors (Lipinski definition) is 1. The second-order valence-corrected chi connectivity index (χ2v) is 12.8. The first-order valence-electron chi connectivity index (χ1n) is 14.2. The van der Waals surface area contributed by atoms with Gasteiger partial charge in [-0.3, -0.25) is 14.5 Å². The second kappa shape index (κ2) is 12.2. The lowest BCUT2D eigenvalue weighted by Gasteiger charge is -2.22. The van der Waals surface area contributed by atoms with Crippen molar-refractivity contribution in [1.82, 2.24) is 10.2 Å². The number of amides is 1. The highest BCUT2D eigenvalue weighted by atomic mass is 32.2. The van der Waals surface area contributed by atoms with E-state index < -0.39 is 17.7 Å². The molecule has 4 aromatic rings. The number of carbonyl (C=O) groups excluding carboxylic acids is 2. The number of aryl methyl sites for hydroxylation is 1. The summed E-state index contributed by atoms with van der Waals surface area (Å²) in [5.41, 5.74) is 4.38. The Morgan fingerprint density at radius 1 is 1.09 bits per heavy atom. The molecule has 0 radical (unpaired) electrons. The first-order chi connectivity index (χ1) is 20.8. The lowest BCUT2D eigenvalue weighted by molar-refractivity contribution is -0.132. The van der Waals surface area contributed by atoms with Crippen molar-refractivity contribution in [2.45, 2.75) is 55.9 Å². The van der Waals surface area contributed by atoms with Gasteiger partial charge in [-0.05, 0) is 67.3 Å². The number of ether oxygens (including phenoxy) is 2. The molecule has 1 fully saturated rings. The molecule has 0 saturated carbocycles. The van der Waals surface area contributed by atoms with Gasteiger partial charge in [0.15, 0.2) is 4.34 Å². The third kappa shape index (κ3) is 5.89. The number of carbonyl (C=O) groups is 2. The van der Waals surface area contributed by atoms with Crippen molar-refractivity contribution in [3.05, 3.63) is 100 Å². The number of aliphatic hydroxyl groups excluding tert-OH is 1. The van der Waals surface area contributed by atoms with Gasteiger partial charge in [0.05, 0.1) is 18.2 Å². The minimum absolute atomic E-state index is 0.00296. The molecule has 3 heterocycles. The molecule has 2 aliphatic heterocycles. The summed E-state index contributed by atoms with van der Waals surface area (Å²) in [7, 11) is 0. The number of benzene rings is 3. The van der Waals surface area contributed by atoms with E-state index in [9.17, 15) is 14.7 Å². The van der Waals surface area contributed by atoms with Crippen molar-refractivity contribution < 1.29 is 24.2 Å². The molecule has 0 spiro atoms. The Labute approximate surface area is 258 Å². The molecule has 2 unspecified atom stereocenters. The number of rotatable bonds is 9. The number of fused-ring (bicyclic) bond motifs is 1. The fourth-order valence-electron chi connectivity index (χ4n) is 5.22. The Balaban J connectivity index is 1.37. The van der Waals surface area contributed by atoms with Crippen LogP contribution in [-0.4, -0.2) is 39.7 Å². The van der Waals surface area contributed by atoms with Gasteiger partial charge >= 0.3 is 5.91 Å². The zero-order chi connectivity index (χ0) is 30.1. The number of aromatic nitrogens is 2. The van der Waals surface area contributed by atoms with Crippen LogP contribution in [0.4, 0.5) is 5.13 Å². The van der Waals surface area contributed by atoms with E-state index in [1.807, 2.05) is 51.1 Å². The number of nitrogens with zero attached hydrogens (tertiary/aromatic N) is 3. The highest BCUT2D eigenvalue weighted by Crippen LogP contribution is 2.45. The van der Waals surface area contributed by atoms with E-state index in [0.29, 0.717) is 45.1 Å². The number of Topliss-reactive ketones (excluding diaryl/α,β-unsaturated/α-hetero) is 1. The minimum Gasteiger partial charge on any atom is -0.507 e. The molecule has 1 aromatic heterocycles. The Kier molecular flexibility index (Phi) is 8.23. The average molecular weight is 614 g/mol. The number of aliphatic hydroxyl groups is 1. The molecule has 3 aromatic carbocycles. The maximum absolute atomic E-state index is 13.6. The zero-order valence-corrected chi connectivity index (χ0v) is 25.7. The fourth-order valence-corrected chi connectivity index (χ4v) is 7.05. The summed E-state index contributed by atoms with van der Waals surface area (Å²) >= 11 is 2.76. The van der Waals surface area contributed by atoms with Gasteiger partial charge in [-0.25, -0.2) is 0 Å². The van der Waals surface area contributed by atoms with Gasteiger partial charge in [-0.1, -0.05) is 72.0 Å². The predicted molar refractivity (Wildman–Crippen MR) is 168 cm³/mol. The molecular formula is C33H31N3O5S2. The molecule has 6 rings (SSSR count). The van der Waals surface area contributed by atoms with Gasteiger partial charge in [0.25, 0.3) is 5.78 Å². The summed E-state index contributed by atoms with van der Waals surface area (Å²) in [5.74, 6) is 0.356. The quantitative estimate of drug-likeness (QED) is 0.0717. The molecule has 1 N–H and O–H groups in total. The van der Waals surface area contributed by atoms with Gasteiger partial charge in [0.2, 0.25) is 5.13 Å². The minimum atomic E-state index is -0.897. The number of anilines is 1. The Morgan fingerprint density at radius 2 is 1.86 bits per heavy atom. The third-order valence-electron chi connectivity index (χ3n) is 7.37. The standard InChI is InChI=1S/C33H31N3O5S2/c1-4-15-40-25-12-9-22(10-13-25)28-27(29(37)23-11-14-26-24(17-23)16-20(3)41-26)30(38)31(39)36(28)32-34-35-33(43-32)42-18-21-7-5-19(2)6-8-21/h5-14,17,20,28,37H,4,15-16,18H2,1-3H3/b29-27+. The molecule has 1 saturated heterocycles. The van der Waals surface area contributed by atoms with Crippen LogP contribution in [0, 0.1) is 6.92 Å². The van der Waals surface area contributed by atoms with E-state index in [1.54, 1.807) is 12.1 Å². The molecular weight excluding hydrogens is 583 g/mol. The van der Waals surface area contributed by atoms with E-state index >= 15 is 0 Å². The summed E-state index contributed by atoms with van der Waals surface area (Å²) in [5, 5.41) is 20.5. The maximum atomic E-state index is 13.6. The Hall–Kier alpha value is -4.15. The van der Waals surface area contributed by atoms with Gasteiger partial charge in [0.1, 0.15) is 23.4 Å². The van der Waals surface area contributed by atoms with Crippen molar-refractivity contribution in [3.8, 4) is 11.5 Å². The van der Waals surface area contributed by atoms with Crippen LogP contribution in [-0.2, 0) is 21.8 Å². The number of thioether (sulfide) groups is 1. The lowest BCUT2D eigenvalue weighted by atomic mass is 9.94. The first kappa shape index (κ1) is 28.9. The SMILES string of the molecule is CCCOc1ccc(C2/C(=C(\O)c3ccc4c(c3)CC(C)O4)C(=O)C(=O)N2c2nnc(SCc3ccc(C)cc3)s2)cc1. The van der Waals surface area contributed by atoms with Crippen LogP contribution in [0.5, 0.6) is 11.5 Å². The van der Waals surface area contributed by atoms with E-state index in [1.165, 1.54) is 33.6 Å². The monoisotopic (exact) mass is 613 g/mol. The van der Waals surface area contributed by atoms with Crippen LogP contribution in [0.1, 0.15) is 54.1 Å². The normalized spacial score (nSPS) is 19.0. The average Bonchev–Trinajstić information content (AvgIpc) is 3.70. The fraction of sp³-hybridized carbons (Fsp3) is 0.273. The van der Waals surface area contributed by atoms with Crippen LogP contribution in [0.25, 0.3) is 5.76 Å². The summed E-state index contributed by atoms with van der Waals surface area (Å²) in [6, 6.07) is 19.9. The summed E-state index contributed by atoms with van der Waals surface area (Å²) in [6.45, 7) is 6.63. The molecule has 10 heteroatoms. The molecule has 220 valence electrons. The van der Waals surface area contributed by atoms with Gasteiger partial charge < -0.3 is 14.6 Å². The molecule has 2 aliphatic rings. The van der Waals surface area contributed by atoms with Crippen molar-refractivity contribution >= 4 is 45.7 Å². The highest BCUT2D eigenvalue weighted by molar-refractivity contribution is 8.00. The van der Waals surface area contributed by atoms with Crippen LogP contribution >= 0.6 is 23.1 Å². The van der Waals surface area contributed by atoms with E-state index in [2.05, 4.69) is 34.5 Å². The zero-order valence-electron chi connectivity index (χ0n) is 24.1. The molecule has 2 atom stereocenters. The number of hydrogen-bond acceptors (Lipinski definition) is 9. The van der Waals surface area contributed by atoms with Crippen molar-refractivity contribution in [3.63, 3.8) is 0 Å². The molecule has 1 amide bonds. The second-order valence-electron chi connectivity index (χ2n) is 10.7. The smallest absolute Gasteiger partial charge is 0.301 e. The third-order valence-corrected chi connectivity index (χ3v) is 9.49. The van der Waals surface area contributed by atoms with E-state index in [4.69, 9.17) is 9.47 Å². The van der Waals surface area contributed by atoms with Crippen molar-refractivity contribution in [1.29, 1.82) is 0 Å². The summed E-state index contributed by atoms with van der Waals surface area (Å²) in [6.07, 6.45) is 1.59. The van der Waals surface area contributed by atoms with Crippen LogP contribution < -0.4 is 14.4 Å². The Morgan fingerprint density at radius 3 is 2.60 bits per heavy atom. The van der Waals surface area contributed by atoms with Crippen LogP contribution in [0.2, 0.25) is 0 Å². The maximum Gasteiger partial charge on any atom is 0.301 e. The number of ketones is 1. The van der Waals surface area contributed by atoms with Crippen molar-refractivity contribution in [2.75, 3.05) is 11.5 Å². The summed E-state index contributed by atoms with van der Waals surface area (Å²) in [4.78, 5) is 28.6. The largest absolute Gasteiger partial charge is 0.507 e. The van der Waals surface area contributed by atoms with E-state index in [-0.39, 0.29) is 17.4 Å². The molecule has 43 heavy (non-hydrogen) atoms. The molecule has 8 nitrogen and oxygen atoms in total. The summed E-state index contributed by atoms with van der Waals surface area (Å²) < 4.78 is 12.2. The molecule has 0 bridgehead atoms. The molecule has 0 aliphatic carbocycles. The van der Waals surface area contributed by atoms with Gasteiger partial charge in [0, 0.05) is 17.7 Å².